The smallest absolute Gasteiger partial charge is 0.255 e. The van der Waals surface area contributed by atoms with Gasteiger partial charge in [-0.25, -0.2) is 0 Å². The number of nitrogens with zero attached hydrogens (tertiary/aromatic N) is 1. The van der Waals surface area contributed by atoms with Crippen LogP contribution in [0.2, 0.25) is 5.02 Å². The van der Waals surface area contributed by atoms with E-state index in [2.05, 4.69) is 10.2 Å². The highest BCUT2D eigenvalue weighted by molar-refractivity contribution is 6.31. The molecule has 2 aromatic carbocycles. The number of nitrogens with one attached hydrogen (secondary N) is 1. The number of hydrogen-bond donors (Lipinski definition) is 1. The van der Waals surface area contributed by atoms with Crippen LogP contribution in [-0.4, -0.2) is 50.2 Å². The number of amides is 1. The van der Waals surface area contributed by atoms with Gasteiger partial charge >= 0.3 is 0 Å². The summed E-state index contributed by atoms with van der Waals surface area (Å²) in [6, 6.07) is 14.8. The molecule has 1 fully saturated rings. The number of carbonyl (C=O) groups is 1. The molecular weight excluding hydrogens is 352 g/mol. The Labute approximate surface area is 158 Å². The topological polar surface area (TPSA) is 50.8 Å². The number of carbonyl (C=O) groups excluding carboxylic acids is 1. The summed E-state index contributed by atoms with van der Waals surface area (Å²) in [5.41, 5.74) is 1.42. The lowest BCUT2D eigenvalue weighted by atomic mass is 10.2. The monoisotopic (exact) mass is 374 g/mol. The first kappa shape index (κ1) is 18.7. The van der Waals surface area contributed by atoms with Crippen LogP contribution >= 0.6 is 11.6 Å². The number of rotatable bonds is 7. The molecular formula is C20H23ClN2O3. The summed E-state index contributed by atoms with van der Waals surface area (Å²) in [4.78, 5) is 14.8. The van der Waals surface area contributed by atoms with E-state index in [1.165, 1.54) is 0 Å². The molecule has 0 aliphatic carbocycles. The van der Waals surface area contributed by atoms with E-state index in [9.17, 15) is 4.79 Å². The third kappa shape index (κ3) is 5.21. The quantitative estimate of drug-likeness (QED) is 0.809. The molecule has 138 valence electrons. The summed E-state index contributed by atoms with van der Waals surface area (Å²) in [6.07, 6.45) is 0. The Morgan fingerprint density at radius 2 is 1.85 bits per heavy atom. The Bertz CT molecular complexity index is 733. The molecule has 0 unspecified atom stereocenters. The molecule has 0 aromatic heterocycles. The molecule has 1 saturated heterocycles. The molecule has 0 bridgehead atoms. The number of para-hydroxylation sites is 1. The van der Waals surface area contributed by atoms with Crippen molar-refractivity contribution >= 4 is 17.5 Å². The van der Waals surface area contributed by atoms with Crippen molar-refractivity contribution in [1.29, 1.82) is 0 Å². The lowest BCUT2D eigenvalue weighted by Crippen LogP contribution is -2.41. The van der Waals surface area contributed by atoms with Crippen LogP contribution in [0, 0.1) is 0 Å². The zero-order valence-electron chi connectivity index (χ0n) is 14.6. The second kappa shape index (κ2) is 9.57. The molecule has 0 saturated carbocycles. The van der Waals surface area contributed by atoms with Crippen molar-refractivity contribution in [3.05, 3.63) is 64.7 Å². The zero-order chi connectivity index (χ0) is 18.2. The normalized spacial score (nSPS) is 14.8. The van der Waals surface area contributed by atoms with Gasteiger partial charge in [-0.05, 0) is 18.2 Å². The first-order chi connectivity index (χ1) is 12.7. The Balaban J connectivity index is 1.55. The molecule has 0 radical (unpaired) electrons. The maximum Gasteiger partial charge on any atom is 0.255 e. The van der Waals surface area contributed by atoms with E-state index in [1.807, 2.05) is 36.4 Å². The first-order valence-corrected chi connectivity index (χ1v) is 9.15. The number of morpholine rings is 1. The highest BCUT2D eigenvalue weighted by Crippen LogP contribution is 2.22. The van der Waals surface area contributed by atoms with E-state index in [-0.39, 0.29) is 5.91 Å². The molecule has 1 amide bonds. The van der Waals surface area contributed by atoms with Crippen LogP contribution in [0.25, 0.3) is 0 Å². The first-order valence-electron chi connectivity index (χ1n) is 8.77. The van der Waals surface area contributed by atoms with Crippen molar-refractivity contribution in [2.45, 2.75) is 6.61 Å². The number of halogens is 1. The fourth-order valence-corrected chi connectivity index (χ4v) is 2.99. The van der Waals surface area contributed by atoms with Crippen molar-refractivity contribution in [3.63, 3.8) is 0 Å². The van der Waals surface area contributed by atoms with Gasteiger partial charge in [-0.1, -0.05) is 41.9 Å². The average Bonchev–Trinajstić information content (AvgIpc) is 2.68. The molecule has 5 nitrogen and oxygen atoms in total. The third-order valence-corrected chi connectivity index (χ3v) is 4.66. The van der Waals surface area contributed by atoms with E-state index in [4.69, 9.17) is 21.1 Å². The minimum Gasteiger partial charge on any atom is -0.488 e. The van der Waals surface area contributed by atoms with Gasteiger partial charge in [0.1, 0.15) is 12.4 Å². The van der Waals surface area contributed by atoms with Gasteiger partial charge in [0.15, 0.2) is 0 Å². The highest BCUT2D eigenvalue weighted by atomic mass is 35.5. The van der Waals surface area contributed by atoms with Gasteiger partial charge in [0, 0.05) is 36.8 Å². The van der Waals surface area contributed by atoms with Crippen LogP contribution in [0.15, 0.2) is 48.5 Å². The van der Waals surface area contributed by atoms with Crippen molar-refractivity contribution in [2.24, 2.45) is 0 Å². The third-order valence-electron chi connectivity index (χ3n) is 4.29. The lowest BCUT2D eigenvalue weighted by Gasteiger charge is -2.26. The zero-order valence-corrected chi connectivity index (χ0v) is 15.4. The van der Waals surface area contributed by atoms with Gasteiger partial charge in [-0.2, -0.15) is 0 Å². The second-order valence-corrected chi connectivity index (χ2v) is 6.49. The van der Waals surface area contributed by atoms with Crippen LogP contribution < -0.4 is 10.1 Å². The minimum atomic E-state index is -0.131. The Kier molecular flexibility index (Phi) is 6.89. The standard InChI is InChI=1S/C20H23ClN2O3/c21-18-7-3-1-5-16(18)15-26-19-8-4-2-6-17(19)20(24)22-9-10-23-11-13-25-14-12-23/h1-8H,9-15H2,(H,22,24). The number of benzene rings is 2. The summed E-state index contributed by atoms with van der Waals surface area (Å²) < 4.78 is 11.2. The molecule has 6 heteroatoms. The molecule has 2 aromatic rings. The molecule has 1 aliphatic heterocycles. The van der Waals surface area contributed by atoms with Crippen molar-refractivity contribution in [2.75, 3.05) is 39.4 Å². The highest BCUT2D eigenvalue weighted by Gasteiger charge is 2.14. The maximum absolute atomic E-state index is 12.5. The molecule has 1 heterocycles. The largest absolute Gasteiger partial charge is 0.488 e. The SMILES string of the molecule is O=C(NCCN1CCOCC1)c1ccccc1OCc1ccccc1Cl. The van der Waals surface area contributed by atoms with Crippen LogP contribution in [-0.2, 0) is 11.3 Å². The van der Waals surface area contributed by atoms with E-state index in [0.29, 0.717) is 29.5 Å². The predicted octanol–water partition coefficient (Wildman–Crippen LogP) is 2.98. The molecule has 1 aliphatic rings. The summed E-state index contributed by atoms with van der Waals surface area (Å²) in [5, 5.41) is 3.62. The average molecular weight is 375 g/mol. The van der Waals surface area contributed by atoms with Gasteiger partial charge in [0.25, 0.3) is 5.91 Å². The fourth-order valence-electron chi connectivity index (χ4n) is 2.80. The number of ether oxygens (including phenoxy) is 2. The Hall–Kier alpha value is -2.08. The summed E-state index contributed by atoms with van der Waals surface area (Å²) in [5.74, 6) is 0.421. The van der Waals surface area contributed by atoms with Crippen molar-refractivity contribution in [3.8, 4) is 5.75 Å². The fraction of sp³-hybridized carbons (Fsp3) is 0.350. The molecule has 3 rings (SSSR count). The van der Waals surface area contributed by atoms with Gasteiger partial charge in [0.2, 0.25) is 0 Å². The molecule has 0 atom stereocenters. The van der Waals surface area contributed by atoms with E-state index < -0.39 is 0 Å². The number of hydrogen-bond acceptors (Lipinski definition) is 4. The van der Waals surface area contributed by atoms with E-state index in [0.717, 1.165) is 38.4 Å². The summed E-state index contributed by atoms with van der Waals surface area (Å²) in [7, 11) is 0. The van der Waals surface area contributed by atoms with Gasteiger partial charge < -0.3 is 14.8 Å². The van der Waals surface area contributed by atoms with Crippen LogP contribution in [0.5, 0.6) is 5.75 Å². The second-order valence-electron chi connectivity index (χ2n) is 6.09. The molecule has 26 heavy (non-hydrogen) atoms. The van der Waals surface area contributed by atoms with E-state index >= 15 is 0 Å². The summed E-state index contributed by atoms with van der Waals surface area (Å²) >= 11 is 6.16. The maximum atomic E-state index is 12.5. The minimum absolute atomic E-state index is 0.131. The van der Waals surface area contributed by atoms with Gasteiger partial charge in [-0.15, -0.1) is 0 Å². The van der Waals surface area contributed by atoms with Crippen LogP contribution in [0.1, 0.15) is 15.9 Å². The summed E-state index contributed by atoms with van der Waals surface area (Å²) in [6.45, 7) is 5.06. The van der Waals surface area contributed by atoms with Crippen molar-refractivity contribution in [1.82, 2.24) is 10.2 Å². The molecule has 0 spiro atoms. The van der Waals surface area contributed by atoms with Crippen LogP contribution in [0.3, 0.4) is 0 Å². The lowest BCUT2D eigenvalue weighted by molar-refractivity contribution is 0.0383. The van der Waals surface area contributed by atoms with Gasteiger partial charge in [0.05, 0.1) is 18.8 Å². The van der Waals surface area contributed by atoms with E-state index in [1.54, 1.807) is 12.1 Å². The predicted molar refractivity (Wildman–Crippen MR) is 102 cm³/mol. The Morgan fingerprint density at radius 1 is 1.12 bits per heavy atom. The molecule has 1 N–H and O–H groups in total. The van der Waals surface area contributed by atoms with Gasteiger partial charge in [-0.3, -0.25) is 9.69 Å². The van der Waals surface area contributed by atoms with Crippen LogP contribution in [0.4, 0.5) is 0 Å². The Morgan fingerprint density at radius 3 is 2.65 bits per heavy atom. The van der Waals surface area contributed by atoms with Crippen molar-refractivity contribution < 1.29 is 14.3 Å².